The van der Waals surface area contributed by atoms with Crippen LogP contribution in [0.3, 0.4) is 0 Å². The van der Waals surface area contributed by atoms with Gasteiger partial charge in [0.2, 0.25) is 0 Å². The zero-order valence-corrected chi connectivity index (χ0v) is 28.8. The van der Waals surface area contributed by atoms with Gasteiger partial charge in [0, 0.05) is 48.1 Å². The largest absolute Gasteiger partial charge is 0.374 e. The van der Waals surface area contributed by atoms with Crippen LogP contribution in [-0.2, 0) is 32.6 Å². The molecule has 50 heavy (non-hydrogen) atoms. The number of ether oxygens (including phenoxy) is 2. The molecule has 0 saturated carbocycles. The van der Waals surface area contributed by atoms with Crippen molar-refractivity contribution < 1.29 is 22.3 Å². The number of benzene rings is 3. The van der Waals surface area contributed by atoms with E-state index in [4.69, 9.17) is 21.1 Å². The lowest BCUT2D eigenvalue weighted by molar-refractivity contribution is -0.0283. The van der Waals surface area contributed by atoms with Crippen LogP contribution in [0.2, 0.25) is 5.02 Å². The van der Waals surface area contributed by atoms with Crippen molar-refractivity contribution in [1.82, 2.24) is 13.5 Å². The highest BCUT2D eigenvalue weighted by Gasteiger charge is 2.26. The first-order valence-electron chi connectivity index (χ1n) is 16.1. The van der Waals surface area contributed by atoms with Gasteiger partial charge >= 0.3 is 0 Å². The number of hydrogen-bond acceptors (Lipinski definition) is 7. The summed E-state index contributed by atoms with van der Waals surface area (Å²) in [4.78, 5) is 20.3. The molecule has 12 heteroatoms. The number of anilines is 1. The standard InChI is InChI=1S/C38H34ClFN4O5S/c1-26-10-12-32(13-11-26)50(46,47)44-23-34(28-14-15-43(36(45)18-28)21-29-8-5-9-35(39)37(29)40)33-19-30(20-41-38(33)44)42-16-17-49-31(22-42)25-48-24-27-6-3-2-4-7-27/h2-15,18-20,23,31H,16-17,21-22,24-25H2,1H3. The molecule has 1 fully saturated rings. The van der Waals surface area contributed by atoms with Crippen molar-refractivity contribution in [3.63, 3.8) is 0 Å². The molecule has 6 aromatic rings. The van der Waals surface area contributed by atoms with Gasteiger partial charge < -0.3 is 18.9 Å². The van der Waals surface area contributed by atoms with Gasteiger partial charge in [0.05, 0.1) is 54.3 Å². The second-order valence-electron chi connectivity index (χ2n) is 12.3. The summed E-state index contributed by atoms with van der Waals surface area (Å²) in [6, 6.07) is 26.2. The maximum atomic E-state index is 14.6. The number of morpholine rings is 1. The molecule has 0 radical (unpaired) electrons. The molecule has 256 valence electrons. The molecule has 0 bridgehead atoms. The number of nitrogens with zero attached hydrogens (tertiary/aromatic N) is 4. The first kappa shape index (κ1) is 33.7. The molecular weight excluding hydrogens is 679 g/mol. The number of hydrogen-bond donors (Lipinski definition) is 0. The van der Waals surface area contributed by atoms with Gasteiger partial charge in [-0.05, 0) is 48.4 Å². The Balaban J connectivity index is 1.23. The monoisotopic (exact) mass is 712 g/mol. The first-order chi connectivity index (χ1) is 24.2. The summed E-state index contributed by atoms with van der Waals surface area (Å²) in [5.74, 6) is -0.582. The van der Waals surface area contributed by atoms with E-state index in [0.717, 1.165) is 16.8 Å². The van der Waals surface area contributed by atoms with E-state index in [1.807, 2.05) is 43.3 Å². The highest BCUT2D eigenvalue weighted by molar-refractivity contribution is 7.90. The van der Waals surface area contributed by atoms with Gasteiger partial charge in [0.15, 0.2) is 5.65 Å². The quantitative estimate of drug-likeness (QED) is 0.157. The fourth-order valence-electron chi connectivity index (χ4n) is 6.08. The van der Waals surface area contributed by atoms with Crippen LogP contribution < -0.4 is 10.5 Å². The van der Waals surface area contributed by atoms with Crippen molar-refractivity contribution >= 4 is 38.3 Å². The van der Waals surface area contributed by atoms with Gasteiger partial charge in [0.25, 0.3) is 15.6 Å². The summed E-state index contributed by atoms with van der Waals surface area (Å²) < 4.78 is 57.1. The third-order valence-corrected chi connectivity index (χ3v) is 10.7. The fourth-order valence-corrected chi connectivity index (χ4v) is 7.59. The Hall–Kier alpha value is -4.81. The summed E-state index contributed by atoms with van der Waals surface area (Å²) in [6.07, 6.45) is 4.56. The van der Waals surface area contributed by atoms with E-state index in [1.165, 1.54) is 26.9 Å². The fraction of sp³-hybridized carbons (Fsp3) is 0.211. The van der Waals surface area contributed by atoms with E-state index in [9.17, 15) is 17.6 Å². The second-order valence-corrected chi connectivity index (χ2v) is 14.5. The van der Waals surface area contributed by atoms with Crippen LogP contribution in [0.25, 0.3) is 22.2 Å². The minimum Gasteiger partial charge on any atom is -0.374 e. The molecule has 1 atom stereocenters. The zero-order valence-electron chi connectivity index (χ0n) is 27.2. The van der Waals surface area contributed by atoms with Crippen LogP contribution in [0.1, 0.15) is 16.7 Å². The van der Waals surface area contributed by atoms with E-state index in [2.05, 4.69) is 9.88 Å². The van der Waals surface area contributed by atoms with Gasteiger partial charge in [0.1, 0.15) is 5.82 Å². The molecule has 1 aliphatic heterocycles. The third-order valence-electron chi connectivity index (χ3n) is 8.77. The van der Waals surface area contributed by atoms with E-state index in [-0.39, 0.29) is 39.3 Å². The Labute approximate surface area is 294 Å². The lowest BCUT2D eigenvalue weighted by atomic mass is 10.1. The minimum atomic E-state index is -4.05. The maximum absolute atomic E-state index is 14.6. The number of halogens is 2. The van der Waals surface area contributed by atoms with Crippen molar-refractivity contribution in [3.8, 4) is 11.1 Å². The Morgan fingerprint density at radius 1 is 1.02 bits per heavy atom. The van der Waals surface area contributed by atoms with Crippen LogP contribution in [0.4, 0.5) is 10.1 Å². The predicted molar refractivity (Wildman–Crippen MR) is 192 cm³/mol. The molecule has 0 spiro atoms. The molecule has 1 aliphatic rings. The minimum absolute atomic E-state index is 0.0198. The summed E-state index contributed by atoms with van der Waals surface area (Å²) in [7, 11) is -4.05. The molecule has 0 aliphatic carbocycles. The van der Waals surface area contributed by atoms with Crippen LogP contribution in [0.5, 0.6) is 0 Å². The normalized spacial score (nSPS) is 15.1. The molecule has 0 N–H and O–H groups in total. The van der Waals surface area contributed by atoms with Crippen LogP contribution in [-0.4, -0.2) is 54.3 Å². The average Bonchev–Trinajstić information content (AvgIpc) is 3.52. The topological polar surface area (TPSA) is 95.7 Å². The molecule has 7 rings (SSSR count). The van der Waals surface area contributed by atoms with E-state index >= 15 is 0 Å². The van der Waals surface area contributed by atoms with Crippen molar-refractivity contribution in [1.29, 1.82) is 0 Å². The van der Waals surface area contributed by atoms with Gasteiger partial charge in [-0.1, -0.05) is 71.8 Å². The highest BCUT2D eigenvalue weighted by Crippen LogP contribution is 2.34. The summed E-state index contributed by atoms with van der Waals surface area (Å²) >= 11 is 5.96. The van der Waals surface area contributed by atoms with Crippen LogP contribution in [0.15, 0.2) is 119 Å². The van der Waals surface area contributed by atoms with Crippen LogP contribution in [0, 0.1) is 12.7 Å². The Morgan fingerprint density at radius 2 is 1.82 bits per heavy atom. The van der Waals surface area contributed by atoms with Crippen molar-refractivity contribution in [2.75, 3.05) is 31.2 Å². The molecule has 1 saturated heterocycles. The van der Waals surface area contributed by atoms with Crippen LogP contribution >= 0.6 is 11.6 Å². The molecule has 3 aromatic heterocycles. The van der Waals surface area contributed by atoms with E-state index in [0.29, 0.717) is 49.4 Å². The van der Waals surface area contributed by atoms with E-state index in [1.54, 1.807) is 54.9 Å². The Bertz CT molecular complexity index is 2330. The van der Waals surface area contributed by atoms with Crippen molar-refractivity contribution in [3.05, 3.63) is 147 Å². The van der Waals surface area contributed by atoms with Gasteiger partial charge in [-0.2, -0.15) is 0 Å². The molecule has 9 nitrogen and oxygen atoms in total. The van der Waals surface area contributed by atoms with Crippen molar-refractivity contribution in [2.24, 2.45) is 0 Å². The maximum Gasteiger partial charge on any atom is 0.269 e. The Kier molecular flexibility index (Phi) is 9.56. The number of aryl methyl sites for hydroxylation is 1. The number of rotatable bonds is 10. The molecule has 1 unspecified atom stereocenters. The third kappa shape index (κ3) is 6.95. The molecular formula is C38H34ClFN4O5S. The van der Waals surface area contributed by atoms with Gasteiger partial charge in [-0.3, -0.25) is 4.79 Å². The second kappa shape index (κ2) is 14.2. The molecule has 3 aromatic carbocycles. The zero-order chi connectivity index (χ0) is 34.8. The number of aromatic nitrogens is 3. The SMILES string of the molecule is Cc1ccc(S(=O)(=O)n2cc(-c3ccn(Cc4cccc(Cl)c4F)c(=O)c3)c3cc(N4CCOC(COCc5ccccc5)C4)cnc32)cc1. The van der Waals surface area contributed by atoms with Gasteiger partial charge in [-0.15, -0.1) is 0 Å². The lowest BCUT2D eigenvalue weighted by Gasteiger charge is -2.34. The predicted octanol–water partition coefficient (Wildman–Crippen LogP) is 6.67. The average molecular weight is 713 g/mol. The summed E-state index contributed by atoms with van der Waals surface area (Å²) in [5.41, 5.74) is 3.91. The number of fused-ring (bicyclic) bond motifs is 1. The van der Waals surface area contributed by atoms with E-state index < -0.39 is 15.8 Å². The van der Waals surface area contributed by atoms with Gasteiger partial charge in [-0.25, -0.2) is 21.8 Å². The Morgan fingerprint density at radius 3 is 2.60 bits per heavy atom. The first-order valence-corrected chi connectivity index (χ1v) is 17.9. The van der Waals surface area contributed by atoms with Crippen molar-refractivity contribution in [2.45, 2.75) is 31.1 Å². The lowest BCUT2D eigenvalue weighted by Crippen LogP contribution is -2.44. The smallest absolute Gasteiger partial charge is 0.269 e. The summed E-state index contributed by atoms with van der Waals surface area (Å²) in [6.45, 7) is 4.40. The molecule has 4 heterocycles. The summed E-state index contributed by atoms with van der Waals surface area (Å²) in [5, 5.41) is 0.531. The highest BCUT2D eigenvalue weighted by atomic mass is 35.5. The molecule has 0 amide bonds. The number of pyridine rings is 2.